The summed E-state index contributed by atoms with van der Waals surface area (Å²) >= 11 is 4.69. The van der Waals surface area contributed by atoms with Gasteiger partial charge < -0.3 is 5.73 Å². The Labute approximate surface area is 139 Å². The highest BCUT2D eigenvalue weighted by Crippen LogP contribution is 2.64. The Morgan fingerprint density at radius 1 is 1.27 bits per heavy atom. The van der Waals surface area contributed by atoms with E-state index in [9.17, 15) is 4.79 Å². The number of allylic oxidation sites excluding steroid dienone is 3. The van der Waals surface area contributed by atoms with E-state index in [2.05, 4.69) is 38.6 Å². The fourth-order valence-corrected chi connectivity index (χ4v) is 6.54. The van der Waals surface area contributed by atoms with Crippen LogP contribution in [0.4, 0.5) is 0 Å². The molecule has 0 radical (unpaired) electrons. The predicted molar refractivity (Wildman–Crippen MR) is 92.5 cm³/mol. The molecule has 0 unspecified atom stereocenters. The smallest absolute Gasteiger partial charge is 0.146 e. The quantitative estimate of drug-likeness (QED) is 0.526. The van der Waals surface area contributed by atoms with Crippen LogP contribution in [0.5, 0.6) is 0 Å². The molecule has 0 amide bonds. The van der Waals surface area contributed by atoms with Gasteiger partial charge in [-0.15, -0.1) is 0 Å². The van der Waals surface area contributed by atoms with E-state index in [1.54, 1.807) is 5.57 Å². The van der Waals surface area contributed by atoms with Crippen LogP contribution < -0.4 is 5.73 Å². The van der Waals surface area contributed by atoms with Crippen LogP contribution in [-0.2, 0) is 4.79 Å². The zero-order chi connectivity index (χ0) is 15.7. The lowest BCUT2D eigenvalue weighted by Gasteiger charge is -2.56. The summed E-state index contributed by atoms with van der Waals surface area (Å²) in [5, 5.41) is -0.0430. The molecular formula is C19H27NOS. The molecule has 0 heterocycles. The van der Waals surface area contributed by atoms with Crippen LogP contribution >= 0.6 is 12.6 Å². The number of thiol groups is 1. The number of rotatable bonds is 0. The third-order valence-corrected chi connectivity index (χ3v) is 8.47. The second-order valence-electron chi connectivity index (χ2n) is 8.54. The van der Waals surface area contributed by atoms with E-state index in [0.29, 0.717) is 23.5 Å². The van der Waals surface area contributed by atoms with Gasteiger partial charge in [0.25, 0.3) is 0 Å². The minimum absolute atomic E-state index is 0.0430. The van der Waals surface area contributed by atoms with Gasteiger partial charge in [0, 0.05) is 18.5 Å². The molecule has 2 saturated carbocycles. The summed E-state index contributed by atoms with van der Waals surface area (Å²) in [6.07, 6.45) is 11.0. The van der Waals surface area contributed by atoms with E-state index in [1.807, 2.05) is 0 Å². The molecule has 2 N–H and O–H groups in total. The first-order chi connectivity index (χ1) is 10.4. The van der Waals surface area contributed by atoms with Gasteiger partial charge in [-0.2, -0.15) is 12.6 Å². The normalized spacial score (nSPS) is 50.6. The summed E-state index contributed by atoms with van der Waals surface area (Å²) in [6, 6.07) is 0. The molecule has 0 bridgehead atoms. The molecule has 6 atom stereocenters. The molecule has 4 aliphatic rings. The highest BCUT2D eigenvalue weighted by atomic mass is 32.1. The molecule has 22 heavy (non-hydrogen) atoms. The number of carbonyl (C=O) groups excluding carboxylic acids is 1. The van der Waals surface area contributed by atoms with E-state index >= 15 is 0 Å². The van der Waals surface area contributed by atoms with Crippen LogP contribution in [0.25, 0.3) is 0 Å². The number of ketones is 1. The average molecular weight is 317 g/mol. The van der Waals surface area contributed by atoms with E-state index in [-0.39, 0.29) is 16.1 Å². The van der Waals surface area contributed by atoms with Crippen molar-refractivity contribution in [3.8, 4) is 0 Å². The average Bonchev–Trinajstić information content (AvgIpc) is 2.72. The van der Waals surface area contributed by atoms with Gasteiger partial charge in [0.2, 0.25) is 0 Å². The van der Waals surface area contributed by atoms with Crippen LogP contribution in [0, 0.1) is 28.6 Å². The zero-order valence-electron chi connectivity index (χ0n) is 13.6. The molecular weight excluding hydrogens is 290 g/mol. The minimum atomic E-state index is -0.0430. The van der Waals surface area contributed by atoms with Crippen LogP contribution in [0.15, 0.2) is 23.4 Å². The maximum absolute atomic E-state index is 12.3. The highest BCUT2D eigenvalue weighted by Gasteiger charge is 2.59. The van der Waals surface area contributed by atoms with Crippen molar-refractivity contribution in [2.24, 2.45) is 34.3 Å². The summed E-state index contributed by atoms with van der Waals surface area (Å²) in [6.45, 7) is 4.76. The van der Waals surface area contributed by atoms with Crippen molar-refractivity contribution >= 4 is 18.4 Å². The minimum Gasteiger partial charge on any atom is -0.402 e. The Hall–Kier alpha value is -0.700. The van der Waals surface area contributed by atoms with Crippen molar-refractivity contribution in [1.82, 2.24) is 0 Å². The Morgan fingerprint density at radius 2 is 2.05 bits per heavy atom. The van der Waals surface area contributed by atoms with E-state index in [4.69, 9.17) is 5.73 Å². The molecule has 0 aliphatic heterocycles. The van der Waals surface area contributed by atoms with E-state index in [0.717, 1.165) is 37.8 Å². The molecule has 2 fully saturated rings. The van der Waals surface area contributed by atoms with Gasteiger partial charge in [-0.05, 0) is 54.3 Å². The summed E-state index contributed by atoms with van der Waals surface area (Å²) < 4.78 is 0. The Morgan fingerprint density at radius 3 is 2.82 bits per heavy atom. The lowest BCUT2D eigenvalue weighted by Crippen LogP contribution is -2.49. The van der Waals surface area contributed by atoms with Gasteiger partial charge in [-0.25, -0.2) is 0 Å². The lowest BCUT2D eigenvalue weighted by molar-refractivity contribution is -0.117. The summed E-state index contributed by atoms with van der Waals surface area (Å²) in [5.41, 5.74) is 9.06. The van der Waals surface area contributed by atoms with Crippen molar-refractivity contribution in [1.29, 1.82) is 0 Å². The van der Waals surface area contributed by atoms with Crippen molar-refractivity contribution in [2.45, 2.75) is 57.6 Å². The number of hydrogen-bond acceptors (Lipinski definition) is 3. The number of carbonyl (C=O) groups is 1. The van der Waals surface area contributed by atoms with Crippen LogP contribution in [-0.4, -0.2) is 11.0 Å². The largest absolute Gasteiger partial charge is 0.402 e. The molecule has 2 nitrogen and oxygen atoms in total. The fourth-order valence-electron chi connectivity index (χ4n) is 6.12. The van der Waals surface area contributed by atoms with Gasteiger partial charge in [0.05, 0.1) is 5.25 Å². The molecule has 0 aromatic heterocycles. The first-order valence-electron chi connectivity index (χ1n) is 8.71. The van der Waals surface area contributed by atoms with Crippen LogP contribution in [0.2, 0.25) is 0 Å². The monoisotopic (exact) mass is 317 g/mol. The second kappa shape index (κ2) is 4.66. The maximum Gasteiger partial charge on any atom is 0.146 e. The zero-order valence-corrected chi connectivity index (χ0v) is 14.5. The third kappa shape index (κ3) is 1.78. The Kier molecular flexibility index (Phi) is 3.15. The Balaban J connectivity index is 1.71. The highest BCUT2D eigenvalue weighted by molar-refractivity contribution is 7.81. The molecule has 3 heteroatoms. The fraction of sp³-hybridized carbons (Fsp3) is 0.737. The van der Waals surface area contributed by atoms with Gasteiger partial charge in [0.1, 0.15) is 5.78 Å². The van der Waals surface area contributed by atoms with Crippen molar-refractivity contribution in [3.05, 3.63) is 23.4 Å². The number of Topliss-reactive ketones (excluding diaryl/α,β-unsaturated/α-hetero) is 1. The van der Waals surface area contributed by atoms with Crippen molar-refractivity contribution in [3.63, 3.8) is 0 Å². The van der Waals surface area contributed by atoms with Crippen molar-refractivity contribution in [2.75, 3.05) is 0 Å². The van der Waals surface area contributed by atoms with Gasteiger partial charge in [-0.1, -0.05) is 31.6 Å². The SMILES string of the molecule is C[C@]12CC[C@H]3[C@@H](CC=C4CC(N)=CC[C@@]43C)[C@@H]1CC(=O)[C@@H]2S. The van der Waals surface area contributed by atoms with E-state index in [1.165, 1.54) is 6.42 Å². The molecule has 4 rings (SSSR count). The molecule has 0 aromatic rings. The summed E-state index contributed by atoms with van der Waals surface area (Å²) in [5.74, 6) is 2.27. The molecule has 0 spiro atoms. The number of nitrogens with two attached hydrogens (primary N) is 1. The standard InChI is InChI=1S/C19H27NOS/c1-18-7-5-12(20)9-11(18)3-4-13-14(18)6-8-19(2)15(13)10-16(21)17(19)22/h3,5,13-15,17,22H,4,6-10,20H2,1-2H3/t13-,14+,15+,17+,18+,19+/m1/s1. The first-order valence-corrected chi connectivity index (χ1v) is 9.23. The lowest BCUT2D eigenvalue weighted by atomic mass is 9.48. The molecule has 0 aromatic carbocycles. The topological polar surface area (TPSA) is 43.1 Å². The molecule has 4 aliphatic carbocycles. The first kappa shape index (κ1) is 14.9. The van der Waals surface area contributed by atoms with Crippen LogP contribution in [0.3, 0.4) is 0 Å². The van der Waals surface area contributed by atoms with Crippen LogP contribution in [0.1, 0.15) is 52.4 Å². The third-order valence-electron chi connectivity index (χ3n) is 7.60. The summed E-state index contributed by atoms with van der Waals surface area (Å²) in [7, 11) is 0. The maximum atomic E-state index is 12.3. The Bertz CT molecular complexity index is 594. The molecule has 0 saturated heterocycles. The van der Waals surface area contributed by atoms with Gasteiger partial charge in [-0.3, -0.25) is 4.79 Å². The number of fused-ring (bicyclic) bond motifs is 5. The summed E-state index contributed by atoms with van der Waals surface area (Å²) in [4.78, 5) is 12.3. The predicted octanol–water partition coefficient (Wildman–Crippen LogP) is 3.88. The van der Waals surface area contributed by atoms with Gasteiger partial charge in [0.15, 0.2) is 0 Å². The number of hydrogen-bond donors (Lipinski definition) is 2. The van der Waals surface area contributed by atoms with E-state index < -0.39 is 0 Å². The molecule has 120 valence electrons. The van der Waals surface area contributed by atoms with Crippen molar-refractivity contribution < 1.29 is 4.79 Å². The van der Waals surface area contributed by atoms with Gasteiger partial charge >= 0.3 is 0 Å². The second-order valence-corrected chi connectivity index (χ2v) is 9.05.